The Morgan fingerprint density at radius 3 is 2.74 bits per heavy atom. The van der Waals surface area contributed by atoms with Crippen LogP contribution in [0.25, 0.3) is 0 Å². The van der Waals surface area contributed by atoms with Crippen molar-refractivity contribution in [2.75, 3.05) is 26.2 Å². The van der Waals surface area contributed by atoms with Crippen LogP contribution in [0.2, 0.25) is 0 Å². The second kappa shape index (κ2) is 5.94. The summed E-state index contributed by atoms with van der Waals surface area (Å²) in [4.78, 5) is 2.71. The topological polar surface area (TPSA) is 15.3 Å². The molecule has 2 aliphatic rings. The molecule has 3 heteroatoms. The van der Waals surface area contributed by atoms with Crippen LogP contribution in [0.1, 0.15) is 31.4 Å². The first kappa shape index (κ1) is 13.6. The Bertz CT molecular complexity index is 417. The van der Waals surface area contributed by atoms with Gasteiger partial charge in [-0.3, -0.25) is 4.90 Å². The van der Waals surface area contributed by atoms with E-state index < -0.39 is 0 Å². The lowest BCUT2D eigenvalue weighted by Crippen LogP contribution is -2.41. The molecule has 0 aromatic heterocycles. The zero-order chi connectivity index (χ0) is 13.2. The Morgan fingerprint density at radius 1 is 1.26 bits per heavy atom. The zero-order valence-electron chi connectivity index (χ0n) is 11.6. The third-order valence-corrected chi connectivity index (χ3v) is 5.35. The third kappa shape index (κ3) is 2.88. The molecule has 1 aromatic carbocycles. The molecule has 0 radical (unpaired) electrons. The van der Waals surface area contributed by atoms with Gasteiger partial charge in [-0.05, 0) is 62.0 Å². The molecule has 2 heterocycles. The minimum atomic E-state index is 0.592. The first-order valence-electron chi connectivity index (χ1n) is 7.48. The Hall–Kier alpha value is -0.380. The average Bonchev–Trinajstić information content (AvgIpc) is 2.89. The number of rotatable bonds is 3. The molecule has 2 fully saturated rings. The molecule has 0 bridgehead atoms. The van der Waals surface area contributed by atoms with E-state index in [0.29, 0.717) is 6.04 Å². The van der Waals surface area contributed by atoms with Crippen molar-refractivity contribution < 1.29 is 0 Å². The number of nitrogens with zero attached hydrogens (tertiary/aromatic N) is 1. The summed E-state index contributed by atoms with van der Waals surface area (Å²) in [6.45, 7) is 7.31. The number of nitrogens with one attached hydrogen (secondary N) is 1. The maximum atomic E-state index is 3.56. The van der Waals surface area contributed by atoms with Gasteiger partial charge in [0.2, 0.25) is 0 Å². The van der Waals surface area contributed by atoms with Gasteiger partial charge in [-0.25, -0.2) is 0 Å². The largest absolute Gasteiger partial charge is 0.316 e. The molecule has 104 valence electrons. The molecule has 2 saturated heterocycles. The van der Waals surface area contributed by atoms with Crippen molar-refractivity contribution in [1.29, 1.82) is 0 Å². The molecule has 0 aliphatic carbocycles. The highest BCUT2D eigenvalue weighted by Crippen LogP contribution is 2.33. The lowest BCUT2D eigenvalue weighted by molar-refractivity contribution is 0.101. The number of likely N-dealkylation sites (tertiary alicyclic amines) is 1. The molecule has 3 atom stereocenters. The summed E-state index contributed by atoms with van der Waals surface area (Å²) >= 11 is 3.53. The molecule has 0 spiro atoms. The van der Waals surface area contributed by atoms with Gasteiger partial charge >= 0.3 is 0 Å². The number of hydrogen-bond acceptors (Lipinski definition) is 2. The van der Waals surface area contributed by atoms with Crippen molar-refractivity contribution in [1.82, 2.24) is 10.2 Å². The van der Waals surface area contributed by atoms with Crippen molar-refractivity contribution >= 4 is 15.9 Å². The number of benzene rings is 1. The molecule has 19 heavy (non-hydrogen) atoms. The molecule has 0 amide bonds. The molecule has 3 unspecified atom stereocenters. The number of fused-ring (bicyclic) bond motifs is 1. The van der Waals surface area contributed by atoms with Crippen molar-refractivity contribution in [3.8, 4) is 0 Å². The SMILES string of the molecule is CCC(c1ccc(Br)cc1)N1CCC2CNCC2C1. The van der Waals surface area contributed by atoms with E-state index in [0.717, 1.165) is 11.8 Å². The van der Waals surface area contributed by atoms with Crippen molar-refractivity contribution in [2.45, 2.75) is 25.8 Å². The van der Waals surface area contributed by atoms with Gasteiger partial charge in [0.15, 0.2) is 0 Å². The van der Waals surface area contributed by atoms with Gasteiger partial charge in [0.05, 0.1) is 0 Å². The zero-order valence-corrected chi connectivity index (χ0v) is 13.2. The van der Waals surface area contributed by atoms with E-state index in [1.165, 1.54) is 49.1 Å². The van der Waals surface area contributed by atoms with Crippen molar-refractivity contribution in [3.63, 3.8) is 0 Å². The second-order valence-corrected chi connectivity index (χ2v) is 6.85. The number of halogens is 1. The third-order valence-electron chi connectivity index (χ3n) is 4.82. The quantitative estimate of drug-likeness (QED) is 0.917. The van der Waals surface area contributed by atoms with Crippen LogP contribution in [-0.4, -0.2) is 31.1 Å². The lowest BCUT2D eigenvalue weighted by Gasteiger charge is -2.39. The first-order valence-corrected chi connectivity index (χ1v) is 8.27. The Balaban J connectivity index is 1.73. The van der Waals surface area contributed by atoms with Gasteiger partial charge < -0.3 is 5.32 Å². The van der Waals surface area contributed by atoms with E-state index in [-0.39, 0.29) is 0 Å². The second-order valence-electron chi connectivity index (χ2n) is 5.94. The average molecular weight is 323 g/mol. The van der Waals surface area contributed by atoms with Crippen LogP contribution in [-0.2, 0) is 0 Å². The van der Waals surface area contributed by atoms with E-state index in [9.17, 15) is 0 Å². The summed E-state index contributed by atoms with van der Waals surface area (Å²) in [7, 11) is 0. The Labute approximate surface area is 124 Å². The summed E-state index contributed by atoms with van der Waals surface area (Å²) in [6.07, 6.45) is 2.57. The van der Waals surface area contributed by atoms with Gasteiger partial charge in [-0.15, -0.1) is 0 Å². The summed E-state index contributed by atoms with van der Waals surface area (Å²) < 4.78 is 1.17. The van der Waals surface area contributed by atoms with E-state index in [1.807, 2.05) is 0 Å². The van der Waals surface area contributed by atoms with E-state index in [1.54, 1.807) is 0 Å². The highest BCUT2D eigenvalue weighted by atomic mass is 79.9. The molecule has 0 saturated carbocycles. The van der Waals surface area contributed by atoms with Crippen LogP contribution in [0.4, 0.5) is 0 Å². The highest BCUT2D eigenvalue weighted by Gasteiger charge is 2.35. The first-order chi connectivity index (χ1) is 9.28. The maximum absolute atomic E-state index is 3.56. The van der Waals surface area contributed by atoms with Gasteiger partial charge in [0.1, 0.15) is 0 Å². The number of piperidine rings is 1. The molecule has 3 rings (SSSR count). The molecular formula is C16H23BrN2. The smallest absolute Gasteiger partial charge is 0.0345 e. The normalized spacial score (nSPS) is 29.2. The van der Waals surface area contributed by atoms with Crippen LogP contribution in [0.15, 0.2) is 28.7 Å². The molecular weight excluding hydrogens is 300 g/mol. The van der Waals surface area contributed by atoms with E-state index in [2.05, 4.69) is 57.3 Å². The highest BCUT2D eigenvalue weighted by molar-refractivity contribution is 9.10. The number of hydrogen-bond donors (Lipinski definition) is 1. The van der Waals surface area contributed by atoms with E-state index >= 15 is 0 Å². The maximum Gasteiger partial charge on any atom is 0.0345 e. The fourth-order valence-electron chi connectivity index (χ4n) is 3.74. The lowest BCUT2D eigenvalue weighted by atomic mass is 9.87. The van der Waals surface area contributed by atoms with Gasteiger partial charge in [0, 0.05) is 17.1 Å². The minimum Gasteiger partial charge on any atom is -0.316 e. The molecule has 2 aliphatic heterocycles. The van der Waals surface area contributed by atoms with Gasteiger partial charge in [-0.2, -0.15) is 0 Å². The monoisotopic (exact) mass is 322 g/mol. The van der Waals surface area contributed by atoms with Gasteiger partial charge in [-0.1, -0.05) is 35.0 Å². The van der Waals surface area contributed by atoms with E-state index in [4.69, 9.17) is 0 Å². The standard InChI is InChI=1S/C16H23BrN2/c1-2-16(12-3-5-15(17)6-4-12)19-8-7-13-9-18-10-14(13)11-19/h3-6,13-14,16,18H,2,7-11H2,1H3. The predicted octanol–water partition coefficient (Wildman–Crippen LogP) is 3.44. The van der Waals surface area contributed by atoms with Crippen molar-refractivity contribution in [3.05, 3.63) is 34.3 Å². The summed E-state index contributed by atoms with van der Waals surface area (Å²) in [5.74, 6) is 1.80. The molecule has 2 nitrogen and oxygen atoms in total. The van der Waals surface area contributed by atoms with Crippen LogP contribution < -0.4 is 5.32 Å². The summed E-state index contributed by atoms with van der Waals surface area (Å²) in [5, 5.41) is 3.56. The molecule has 1 N–H and O–H groups in total. The van der Waals surface area contributed by atoms with Crippen molar-refractivity contribution in [2.24, 2.45) is 11.8 Å². The Kier molecular flexibility index (Phi) is 4.25. The van der Waals surface area contributed by atoms with Crippen LogP contribution in [0.5, 0.6) is 0 Å². The summed E-state index contributed by atoms with van der Waals surface area (Å²) in [6, 6.07) is 9.48. The minimum absolute atomic E-state index is 0.592. The summed E-state index contributed by atoms with van der Waals surface area (Å²) in [5.41, 5.74) is 1.47. The van der Waals surface area contributed by atoms with Crippen LogP contribution in [0.3, 0.4) is 0 Å². The Morgan fingerprint density at radius 2 is 2.00 bits per heavy atom. The van der Waals surface area contributed by atoms with Crippen LogP contribution >= 0.6 is 15.9 Å². The predicted molar refractivity (Wildman–Crippen MR) is 83.2 cm³/mol. The fraction of sp³-hybridized carbons (Fsp3) is 0.625. The molecule has 1 aromatic rings. The van der Waals surface area contributed by atoms with Gasteiger partial charge in [0.25, 0.3) is 0 Å². The van der Waals surface area contributed by atoms with Crippen LogP contribution in [0, 0.1) is 11.8 Å². The fourth-order valence-corrected chi connectivity index (χ4v) is 4.00.